The number of benzene rings is 1. The van der Waals surface area contributed by atoms with Crippen molar-refractivity contribution in [3.8, 4) is 17.0 Å². The number of H-pyrrole nitrogens is 1. The molecule has 2 amide bonds. The highest BCUT2D eigenvalue weighted by molar-refractivity contribution is 5.92. The van der Waals surface area contributed by atoms with Crippen LogP contribution in [0.4, 0.5) is 16.3 Å². The predicted molar refractivity (Wildman–Crippen MR) is 123 cm³/mol. The number of fused-ring (bicyclic) bond motifs is 1. The number of aromatic nitrogens is 4. The molecule has 9 nitrogen and oxygen atoms in total. The van der Waals surface area contributed by atoms with E-state index < -0.39 is 0 Å². The van der Waals surface area contributed by atoms with Crippen molar-refractivity contribution < 1.29 is 9.53 Å². The van der Waals surface area contributed by atoms with Crippen molar-refractivity contribution in [1.82, 2.24) is 24.8 Å². The maximum absolute atomic E-state index is 12.7. The Kier molecular flexibility index (Phi) is 5.29. The van der Waals surface area contributed by atoms with Crippen LogP contribution in [0, 0.1) is 0 Å². The molecule has 0 atom stereocenters. The number of hydrogen-bond donors (Lipinski definition) is 2. The van der Waals surface area contributed by atoms with Gasteiger partial charge in [-0.05, 0) is 42.5 Å². The topological polar surface area (TPSA) is 99.3 Å². The molecule has 1 fully saturated rings. The third kappa shape index (κ3) is 3.92. The van der Waals surface area contributed by atoms with E-state index in [1.165, 1.54) is 0 Å². The molecule has 0 radical (unpaired) electrons. The maximum atomic E-state index is 12.7. The lowest BCUT2D eigenvalue weighted by atomic mass is 10.2. The largest absolute Gasteiger partial charge is 0.497 e. The van der Waals surface area contributed by atoms with Gasteiger partial charge in [-0.15, -0.1) is 0 Å². The number of carbonyl (C=O) groups excluding carboxylic acids is 1. The van der Waals surface area contributed by atoms with Crippen molar-refractivity contribution >= 4 is 28.6 Å². The number of amides is 2. The van der Waals surface area contributed by atoms with Crippen molar-refractivity contribution in [3.63, 3.8) is 0 Å². The zero-order valence-corrected chi connectivity index (χ0v) is 17.7. The van der Waals surface area contributed by atoms with E-state index in [4.69, 9.17) is 4.74 Å². The summed E-state index contributed by atoms with van der Waals surface area (Å²) < 4.78 is 5.16. The maximum Gasteiger partial charge on any atom is 0.321 e. The molecule has 1 aromatic carbocycles. The van der Waals surface area contributed by atoms with Crippen LogP contribution in [0.2, 0.25) is 0 Å². The number of carbonyl (C=O) groups is 1. The van der Waals surface area contributed by atoms with Gasteiger partial charge in [0.15, 0.2) is 0 Å². The van der Waals surface area contributed by atoms with Crippen LogP contribution in [-0.2, 0) is 0 Å². The zero-order chi connectivity index (χ0) is 21.9. The van der Waals surface area contributed by atoms with Gasteiger partial charge in [-0.2, -0.15) is 0 Å². The van der Waals surface area contributed by atoms with Crippen molar-refractivity contribution in [2.75, 3.05) is 43.5 Å². The smallest absolute Gasteiger partial charge is 0.321 e. The molecule has 4 aromatic rings. The molecule has 0 saturated carbocycles. The van der Waals surface area contributed by atoms with Gasteiger partial charge in [0, 0.05) is 55.5 Å². The summed E-state index contributed by atoms with van der Waals surface area (Å²) in [5.74, 6) is 1.63. The molecular formula is C23H23N7O2. The van der Waals surface area contributed by atoms with Gasteiger partial charge in [0.25, 0.3) is 0 Å². The molecule has 3 aromatic heterocycles. The molecule has 162 valence electrons. The van der Waals surface area contributed by atoms with Crippen LogP contribution in [0.3, 0.4) is 0 Å². The van der Waals surface area contributed by atoms with E-state index in [1.807, 2.05) is 47.5 Å². The Morgan fingerprint density at radius 2 is 1.91 bits per heavy atom. The van der Waals surface area contributed by atoms with Crippen LogP contribution < -0.4 is 15.0 Å². The Balaban J connectivity index is 1.27. The molecular weight excluding hydrogens is 406 g/mol. The second kappa shape index (κ2) is 8.54. The van der Waals surface area contributed by atoms with Gasteiger partial charge in [0.05, 0.1) is 12.5 Å². The van der Waals surface area contributed by atoms with Crippen LogP contribution in [0.15, 0.2) is 61.2 Å². The van der Waals surface area contributed by atoms with Crippen molar-refractivity contribution in [2.45, 2.75) is 0 Å². The second-order valence-corrected chi connectivity index (χ2v) is 7.52. The monoisotopic (exact) mass is 429 g/mol. The predicted octanol–water partition coefficient (Wildman–Crippen LogP) is 3.38. The van der Waals surface area contributed by atoms with E-state index in [0.29, 0.717) is 26.2 Å². The number of methoxy groups -OCH3 is 1. The van der Waals surface area contributed by atoms with E-state index in [2.05, 4.69) is 36.2 Å². The average molecular weight is 429 g/mol. The average Bonchev–Trinajstić information content (AvgIpc) is 3.30. The fraction of sp³-hybridized carbons (Fsp3) is 0.217. The molecule has 2 N–H and O–H groups in total. The van der Waals surface area contributed by atoms with E-state index in [0.717, 1.165) is 39.5 Å². The van der Waals surface area contributed by atoms with Crippen LogP contribution in [0.5, 0.6) is 5.75 Å². The first kappa shape index (κ1) is 19.8. The first-order valence-corrected chi connectivity index (χ1v) is 10.4. The van der Waals surface area contributed by atoms with Gasteiger partial charge >= 0.3 is 6.03 Å². The summed E-state index contributed by atoms with van der Waals surface area (Å²) in [7, 11) is 1.62. The van der Waals surface area contributed by atoms with Crippen LogP contribution in [-0.4, -0.2) is 64.2 Å². The number of nitrogens with zero attached hydrogens (tertiary/aromatic N) is 5. The van der Waals surface area contributed by atoms with Gasteiger partial charge in [-0.25, -0.2) is 14.8 Å². The highest BCUT2D eigenvalue weighted by Gasteiger charge is 2.24. The Morgan fingerprint density at radius 1 is 1.09 bits per heavy atom. The van der Waals surface area contributed by atoms with Crippen LogP contribution in [0.25, 0.3) is 22.3 Å². The fourth-order valence-corrected chi connectivity index (χ4v) is 3.85. The number of piperazine rings is 1. The molecule has 0 spiro atoms. The first-order chi connectivity index (χ1) is 15.7. The minimum absolute atomic E-state index is 0.108. The number of aromatic amines is 1. The molecule has 32 heavy (non-hydrogen) atoms. The van der Waals surface area contributed by atoms with Crippen molar-refractivity contribution in [3.05, 3.63) is 61.2 Å². The van der Waals surface area contributed by atoms with Crippen molar-refractivity contribution in [1.29, 1.82) is 0 Å². The Labute approximate surface area is 185 Å². The summed E-state index contributed by atoms with van der Waals surface area (Å²) in [4.78, 5) is 33.2. The highest BCUT2D eigenvalue weighted by atomic mass is 16.5. The third-order valence-corrected chi connectivity index (χ3v) is 5.58. The Morgan fingerprint density at radius 3 is 2.62 bits per heavy atom. The zero-order valence-electron chi connectivity index (χ0n) is 17.7. The molecule has 1 saturated heterocycles. The quantitative estimate of drug-likeness (QED) is 0.516. The standard InChI is InChI=1S/C23H23N7O2/c1-32-18-6-4-17(5-7-18)27-23(31)30-11-9-29(10-12-30)22-19-13-20(16-3-2-8-24-14-16)28-21(19)25-15-26-22/h2-8,13-15H,9-12H2,1H3,(H,27,31)(H,25,26,28). The molecule has 1 aliphatic rings. The number of rotatable bonds is 4. The number of nitrogens with one attached hydrogen (secondary N) is 2. The van der Waals surface area contributed by atoms with Gasteiger partial charge in [-0.3, -0.25) is 4.98 Å². The number of pyridine rings is 1. The lowest BCUT2D eigenvalue weighted by Crippen LogP contribution is -2.50. The normalized spacial score (nSPS) is 13.9. The van der Waals surface area contributed by atoms with E-state index in [-0.39, 0.29) is 6.03 Å². The second-order valence-electron chi connectivity index (χ2n) is 7.52. The molecule has 0 unspecified atom stereocenters. The van der Waals surface area contributed by atoms with E-state index in [9.17, 15) is 4.79 Å². The summed E-state index contributed by atoms with van der Waals surface area (Å²) in [6.07, 6.45) is 5.14. The van der Waals surface area contributed by atoms with Gasteiger partial charge < -0.3 is 24.8 Å². The number of hydrogen-bond acceptors (Lipinski definition) is 6. The Bertz CT molecular complexity index is 1220. The Hall–Kier alpha value is -4.14. The van der Waals surface area contributed by atoms with Gasteiger partial charge in [-0.1, -0.05) is 0 Å². The minimum Gasteiger partial charge on any atom is -0.497 e. The number of ether oxygens (including phenoxy) is 1. The summed E-state index contributed by atoms with van der Waals surface area (Å²) in [6.45, 7) is 2.59. The minimum atomic E-state index is -0.108. The van der Waals surface area contributed by atoms with Gasteiger partial charge in [0.1, 0.15) is 23.5 Å². The summed E-state index contributed by atoms with van der Waals surface area (Å²) in [5, 5.41) is 3.91. The molecule has 0 bridgehead atoms. The molecule has 1 aliphatic heterocycles. The van der Waals surface area contributed by atoms with Crippen LogP contribution >= 0.6 is 0 Å². The lowest BCUT2D eigenvalue weighted by Gasteiger charge is -2.35. The summed E-state index contributed by atoms with van der Waals surface area (Å²) in [6, 6.07) is 13.2. The van der Waals surface area contributed by atoms with Crippen LogP contribution in [0.1, 0.15) is 0 Å². The van der Waals surface area contributed by atoms with Crippen molar-refractivity contribution in [2.24, 2.45) is 0 Å². The summed E-state index contributed by atoms with van der Waals surface area (Å²) >= 11 is 0. The summed E-state index contributed by atoms with van der Waals surface area (Å²) in [5.41, 5.74) is 3.48. The van der Waals surface area contributed by atoms with E-state index >= 15 is 0 Å². The highest BCUT2D eigenvalue weighted by Crippen LogP contribution is 2.29. The van der Waals surface area contributed by atoms with E-state index in [1.54, 1.807) is 19.6 Å². The molecule has 4 heterocycles. The number of urea groups is 1. The number of anilines is 2. The fourth-order valence-electron chi connectivity index (χ4n) is 3.85. The molecule has 9 heteroatoms. The first-order valence-electron chi connectivity index (χ1n) is 10.4. The molecule has 5 rings (SSSR count). The molecule has 0 aliphatic carbocycles. The van der Waals surface area contributed by atoms with Gasteiger partial charge in [0.2, 0.25) is 0 Å². The SMILES string of the molecule is COc1ccc(NC(=O)N2CCN(c3ncnc4[nH]c(-c5cccnc5)cc34)CC2)cc1. The third-order valence-electron chi connectivity index (χ3n) is 5.58. The lowest BCUT2D eigenvalue weighted by molar-refractivity contribution is 0.208.